The third-order valence-corrected chi connectivity index (χ3v) is 4.00. The molecule has 1 amide bonds. The summed E-state index contributed by atoms with van der Waals surface area (Å²) in [5.41, 5.74) is 7.15. The van der Waals surface area contributed by atoms with Crippen molar-refractivity contribution in [3.05, 3.63) is 51.5 Å². The van der Waals surface area contributed by atoms with E-state index in [2.05, 4.69) is 21.2 Å². The summed E-state index contributed by atoms with van der Waals surface area (Å²) < 4.78 is 5.72. The molecular weight excluding hydrogens is 344 g/mol. The highest BCUT2D eigenvalue weighted by Crippen LogP contribution is 2.28. The van der Waals surface area contributed by atoms with E-state index in [0.717, 1.165) is 0 Å². The average molecular weight is 356 g/mol. The summed E-state index contributed by atoms with van der Waals surface area (Å²) in [5.74, 6) is 0.300. The van der Waals surface area contributed by atoms with E-state index in [1.54, 1.807) is 43.5 Å². The Morgan fingerprint density at radius 2 is 2.10 bits per heavy atom. The summed E-state index contributed by atoms with van der Waals surface area (Å²) in [6, 6.07) is 10.2. The molecule has 2 aromatic carbocycles. The molecule has 2 aromatic rings. The van der Waals surface area contributed by atoms with Crippen LogP contribution in [0.5, 0.6) is 5.75 Å². The number of hydrogen-bond acceptors (Lipinski definition) is 3. The van der Waals surface area contributed by atoms with Crippen LogP contribution in [-0.4, -0.2) is 13.0 Å². The van der Waals surface area contributed by atoms with Crippen LogP contribution in [0, 0.1) is 0 Å². The minimum absolute atomic E-state index is 0.326. The van der Waals surface area contributed by atoms with E-state index in [1.165, 1.54) is 0 Å². The summed E-state index contributed by atoms with van der Waals surface area (Å²) in [6.45, 7) is 0. The highest BCUT2D eigenvalue weighted by Gasteiger charge is 2.13. The first-order chi connectivity index (χ1) is 9.52. The highest BCUT2D eigenvalue weighted by molar-refractivity contribution is 9.10. The Morgan fingerprint density at radius 3 is 2.75 bits per heavy atom. The number of hydrogen-bond donors (Lipinski definition) is 2. The minimum Gasteiger partial charge on any atom is -0.497 e. The van der Waals surface area contributed by atoms with E-state index in [-0.39, 0.29) is 5.91 Å². The topological polar surface area (TPSA) is 64.3 Å². The molecule has 4 nitrogen and oxygen atoms in total. The first-order valence-electron chi connectivity index (χ1n) is 5.72. The number of nitrogens with two attached hydrogens (primary N) is 1. The van der Waals surface area contributed by atoms with Crippen LogP contribution in [0.25, 0.3) is 0 Å². The molecule has 3 N–H and O–H groups in total. The summed E-state index contributed by atoms with van der Waals surface area (Å²) in [6.07, 6.45) is 0. The van der Waals surface area contributed by atoms with Crippen LogP contribution in [0.3, 0.4) is 0 Å². The Bertz CT molecular complexity index is 662. The van der Waals surface area contributed by atoms with Crippen molar-refractivity contribution < 1.29 is 9.53 Å². The standard InChI is InChI=1S/C14H12BrClN2O2/c1-20-8-5-6-12(11(17)7-8)18-14(19)9-3-2-4-10(15)13(9)16/h2-7H,17H2,1H3,(H,18,19). The van der Waals surface area contributed by atoms with Crippen molar-refractivity contribution in [2.75, 3.05) is 18.2 Å². The van der Waals surface area contributed by atoms with Crippen LogP contribution in [0.2, 0.25) is 5.02 Å². The number of anilines is 2. The van der Waals surface area contributed by atoms with Gasteiger partial charge >= 0.3 is 0 Å². The smallest absolute Gasteiger partial charge is 0.257 e. The van der Waals surface area contributed by atoms with E-state index in [4.69, 9.17) is 22.1 Å². The van der Waals surface area contributed by atoms with Crippen molar-refractivity contribution in [3.8, 4) is 5.75 Å². The van der Waals surface area contributed by atoms with Gasteiger partial charge in [-0.3, -0.25) is 4.79 Å². The van der Waals surface area contributed by atoms with Gasteiger partial charge in [0.1, 0.15) is 5.75 Å². The molecule has 2 rings (SSSR count). The van der Waals surface area contributed by atoms with E-state index < -0.39 is 0 Å². The van der Waals surface area contributed by atoms with Crippen molar-refractivity contribution in [3.63, 3.8) is 0 Å². The van der Waals surface area contributed by atoms with Crippen molar-refractivity contribution in [2.24, 2.45) is 0 Å². The first kappa shape index (κ1) is 14.7. The van der Waals surface area contributed by atoms with Gasteiger partial charge in [-0.05, 0) is 40.2 Å². The molecule has 0 aromatic heterocycles. The van der Waals surface area contributed by atoms with Gasteiger partial charge in [0.2, 0.25) is 0 Å². The number of halogens is 2. The molecule has 0 radical (unpaired) electrons. The second kappa shape index (κ2) is 6.15. The van der Waals surface area contributed by atoms with Gasteiger partial charge in [0.25, 0.3) is 5.91 Å². The molecule has 0 heterocycles. The molecule has 0 aliphatic heterocycles. The second-order valence-electron chi connectivity index (χ2n) is 4.01. The van der Waals surface area contributed by atoms with Crippen LogP contribution in [-0.2, 0) is 0 Å². The number of benzene rings is 2. The highest BCUT2D eigenvalue weighted by atomic mass is 79.9. The number of methoxy groups -OCH3 is 1. The predicted molar refractivity (Wildman–Crippen MR) is 84.5 cm³/mol. The number of carbonyl (C=O) groups is 1. The molecule has 0 atom stereocenters. The maximum absolute atomic E-state index is 12.2. The molecule has 0 spiro atoms. The van der Waals surface area contributed by atoms with Gasteiger partial charge in [0, 0.05) is 10.5 Å². The summed E-state index contributed by atoms with van der Waals surface area (Å²) in [7, 11) is 1.55. The van der Waals surface area contributed by atoms with Crippen LogP contribution in [0.4, 0.5) is 11.4 Å². The maximum Gasteiger partial charge on any atom is 0.257 e. The lowest BCUT2D eigenvalue weighted by Crippen LogP contribution is -2.13. The zero-order valence-corrected chi connectivity index (χ0v) is 13.0. The van der Waals surface area contributed by atoms with Gasteiger partial charge in [-0.2, -0.15) is 0 Å². The molecule has 0 saturated heterocycles. The fourth-order valence-electron chi connectivity index (χ4n) is 1.65. The molecule has 0 aliphatic carbocycles. The lowest BCUT2D eigenvalue weighted by molar-refractivity contribution is 0.102. The van der Waals surface area contributed by atoms with Crippen LogP contribution >= 0.6 is 27.5 Å². The Hall–Kier alpha value is -1.72. The SMILES string of the molecule is COc1ccc(NC(=O)c2cccc(Br)c2Cl)c(N)c1. The maximum atomic E-state index is 12.2. The van der Waals surface area contributed by atoms with Crippen LogP contribution in [0.1, 0.15) is 10.4 Å². The Kier molecular flexibility index (Phi) is 4.52. The molecule has 0 fully saturated rings. The van der Waals surface area contributed by atoms with Crippen LogP contribution < -0.4 is 15.8 Å². The van der Waals surface area contributed by atoms with E-state index in [1.807, 2.05) is 0 Å². The van der Waals surface area contributed by atoms with Crippen LogP contribution in [0.15, 0.2) is 40.9 Å². The Labute approximate surface area is 130 Å². The lowest BCUT2D eigenvalue weighted by Gasteiger charge is -2.11. The van der Waals surface area contributed by atoms with Gasteiger partial charge in [-0.15, -0.1) is 0 Å². The third-order valence-electron chi connectivity index (χ3n) is 2.70. The van der Waals surface area contributed by atoms with E-state index in [0.29, 0.717) is 32.2 Å². The molecule has 20 heavy (non-hydrogen) atoms. The fraction of sp³-hybridized carbons (Fsp3) is 0.0714. The number of carbonyl (C=O) groups excluding carboxylic acids is 1. The van der Waals surface area contributed by atoms with Crippen molar-refractivity contribution in [2.45, 2.75) is 0 Å². The zero-order chi connectivity index (χ0) is 14.7. The monoisotopic (exact) mass is 354 g/mol. The number of nitrogen functional groups attached to an aromatic ring is 1. The fourth-order valence-corrected chi connectivity index (χ4v) is 2.23. The van der Waals surface area contributed by atoms with E-state index in [9.17, 15) is 4.79 Å². The second-order valence-corrected chi connectivity index (χ2v) is 5.24. The third kappa shape index (κ3) is 3.05. The first-order valence-corrected chi connectivity index (χ1v) is 6.89. The molecule has 6 heteroatoms. The zero-order valence-electron chi connectivity index (χ0n) is 10.6. The molecular formula is C14H12BrClN2O2. The van der Waals surface area contributed by atoms with Gasteiger partial charge in [0.15, 0.2) is 0 Å². The number of nitrogens with one attached hydrogen (secondary N) is 1. The van der Waals surface area contributed by atoms with E-state index >= 15 is 0 Å². The summed E-state index contributed by atoms with van der Waals surface area (Å²) in [4.78, 5) is 12.2. The largest absolute Gasteiger partial charge is 0.497 e. The van der Waals surface area contributed by atoms with Gasteiger partial charge in [0.05, 0.1) is 29.1 Å². The summed E-state index contributed by atoms with van der Waals surface area (Å²) in [5, 5.41) is 3.08. The van der Waals surface area contributed by atoms with Gasteiger partial charge in [-0.1, -0.05) is 17.7 Å². The van der Waals surface area contributed by atoms with Gasteiger partial charge < -0.3 is 15.8 Å². The normalized spacial score (nSPS) is 10.2. The number of ether oxygens (including phenoxy) is 1. The molecule has 0 aliphatic rings. The quantitative estimate of drug-likeness (QED) is 0.820. The van der Waals surface area contributed by atoms with Crippen molar-refractivity contribution in [1.82, 2.24) is 0 Å². The Morgan fingerprint density at radius 1 is 1.35 bits per heavy atom. The van der Waals surface area contributed by atoms with Gasteiger partial charge in [-0.25, -0.2) is 0 Å². The molecule has 0 unspecified atom stereocenters. The average Bonchev–Trinajstić information content (AvgIpc) is 2.44. The predicted octanol–water partition coefficient (Wildman–Crippen LogP) is 3.95. The van der Waals surface area contributed by atoms with Crippen molar-refractivity contribution in [1.29, 1.82) is 0 Å². The van der Waals surface area contributed by atoms with Crippen molar-refractivity contribution >= 4 is 44.8 Å². The lowest BCUT2D eigenvalue weighted by atomic mass is 10.2. The molecule has 104 valence electrons. The minimum atomic E-state index is -0.326. The number of rotatable bonds is 3. The number of amides is 1. The molecule has 0 saturated carbocycles. The Balaban J connectivity index is 2.26. The summed E-state index contributed by atoms with van der Waals surface area (Å²) >= 11 is 9.36. The molecule has 0 bridgehead atoms.